The third kappa shape index (κ3) is 4.13. The summed E-state index contributed by atoms with van der Waals surface area (Å²) < 4.78 is 29.1. The first-order valence-electron chi connectivity index (χ1n) is 11.2. The van der Waals surface area contributed by atoms with E-state index in [0.29, 0.717) is 30.3 Å². The van der Waals surface area contributed by atoms with Crippen LogP contribution in [0.1, 0.15) is 72.5 Å². The number of carbonyl (C=O) groups excluding carboxylic acids is 1. The molecule has 9 heteroatoms. The number of nitrogens with two attached hydrogens (primary N) is 1. The molecular weight excluding hydrogens is 414 g/mol. The fourth-order valence-corrected chi connectivity index (χ4v) is 4.74. The third-order valence-electron chi connectivity index (χ3n) is 6.91. The summed E-state index contributed by atoms with van der Waals surface area (Å²) in [6, 6.07) is 7.09. The fourth-order valence-electron chi connectivity index (χ4n) is 4.74. The number of hydrogen-bond acceptors (Lipinski definition) is 4. The monoisotopic (exact) mass is 442 g/mol. The lowest BCUT2D eigenvalue weighted by Crippen LogP contribution is -2.38. The second kappa shape index (κ2) is 7.95. The van der Waals surface area contributed by atoms with Gasteiger partial charge in [0.25, 0.3) is 5.91 Å². The van der Waals surface area contributed by atoms with Crippen molar-refractivity contribution in [3.63, 3.8) is 0 Å². The summed E-state index contributed by atoms with van der Waals surface area (Å²) in [5.74, 6) is -1.97. The number of nitrogens with zero attached hydrogens (tertiary/aromatic N) is 3. The Hall–Kier alpha value is -2.81. The first-order chi connectivity index (χ1) is 15.3. The average molecular weight is 443 g/mol. The van der Waals surface area contributed by atoms with Crippen LogP contribution in [0.15, 0.2) is 30.5 Å². The van der Waals surface area contributed by atoms with Crippen LogP contribution in [0, 0.1) is 11.8 Å². The Bertz CT molecular complexity index is 1120. The Morgan fingerprint density at radius 1 is 1.22 bits per heavy atom. The minimum Gasteiger partial charge on any atom is -0.340 e. The van der Waals surface area contributed by atoms with E-state index in [1.54, 1.807) is 19.3 Å². The van der Waals surface area contributed by atoms with Gasteiger partial charge < -0.3 is 16.0 Å². The highest BCUT2D eigenvalue weighted by Crippen LogP contribution is 2.42. The predicted octanol–water partition coefficient (Wildman–Crippen LogP) is 4.00. The quantitative estimate of drug-likeness (QED) is 0.537. The zero-order chi connectivity index (χ0) is 22.5. The maximum Gasteiger partial charge on any atom is 0.270 e. The van der Waals surface area contributed by atoms with Crippen LogP contribution < -0.4 is 11.1 Å². The molecule has 1 amide bonds. The van der Waals surface area contributed by atoms with Gasteiger partial charge in [0.15, 0.2) is 0 Å². The number of amides is 1. The summed E-state index contributed by atoms with van der Waals surface area (Å²) >= 11 is 0. The molecule has 2 aromatic heterocycles. The van der Waals surface area contributed by atoms with Gasteiger partial charge in [-0.2, -0.15) is 5.10 Å². The van der Waals surface area contributed by atoms with Crippen LogP contribution in [-0.2, 0) is 7.05 Å². The summed E-state index contributed by atoms with van der Waals surface area (Å²) in [7, 11) is 1.69. The molecule has 5 rings (SSSR count). The topological polar surface area (TPSA) is 102 Å². The summed E-state index contributed by atoms with van der Waals surface area (Å²) in [5, 5.41) is 7.09. The largest absolute Gasteiger partial charge is 0.340 e. The molecule has 1 aromatic carbocycles. The van der Waals surface area contributed by atoms with Crippen molar-refractivity contribution >= 4 is 16.9 Å². The number of rotatable bonds is 6. The zero-order valence-corrected chi connectivity index (χ0v) is 18.0. The second-order valence-electron chi connectivity index (χ2n) is 9.25. The number of hydrogen-bond donors (Lipinski definition) is 3. The Balaban J connectivity index is 1.45. The van der Waals surface area contributed by atoms with E-state index in [1.807, 2.05) is 18.2 Å². The molecule has 0 spiro atoms. The molecule has 1 unspecified atom stereocenters. The number of halogens is 2. The minimum absolute atomic E-state index is 0.000432. The molecule has 4 N–H and O–H groups in total. The van der Waals surface area contributed by atoms with Crippen molar-refractivity contribution < 1.29 is 13.6 Å². The number of aromatic nitrogens is 4. The Morgan fingerprint density at radius 3 is 2.62 bits per heavy atom. The number of aryl methyl sites for hydroxylation is 1. The molecule has 0 radical (unpaired) electrons. The number of aromatic amines is 1. The van der Waals surface area contributed by atoms with Crippen LogP contribution in [0.5, 0.6) is 0 Å². The summed E-state index contributed by atoms with van der Waals surface area (Å²) in [5.41, 5.74) is 9.43. The second-order valence-corrected chi connectivity index (χ2v) is 9.25. The van der Waals surface area contributed by atoms with E-state index >= 15 is 0 Å². The van der Waals surface area contributed by atoms with Crippen LogP contribution in [-0.4, -0.2) is 31.6 Å². The molecule has 2 atom stereocenters. The SMILES string of the molecule is Cn1nccc1C(=O)N[C@H](c1nc2cc(C(N)C3CC3)ccc2[nH]1)C1CCC(F)(F)CC1. The van der Waals surface area contributed by atoms with Gasteiger partial charge in [-0.15, -0.1) is 0 Å². The highest BCUT2D eigenvalue weighted by molar-refractivity contribution is 5.92. The predicted molar refractivity (Wildman–Crippen MR) is 116 cm³/mol. The van der Waals surface area contributed by atoms with Crippen molar-refractivity contribution in [1.29, 1.82) is 0 Å². The third-order valence-corrected chi connectivity index (χ3v) is 6.91. The maximum absolute atomic E-state index is 13.8. The molecule has 2 heterocycles. The van der Waals surface area contributed by atoms with Crippen LogP contribution in [0.2, 0.25) is 0 Å². The first-order valence-corrected chi connectivity index (χ1v) is 11.2. The normalized spacial score (nSPS) is 20.9. The van der Waals surface area contributed by atoms with Gasteiger partial charge in [-0.25, -0.2) is 13.8 Å². The van der Waals surface area contributed by atoms with E-state index in [-0.39, 0.29) is 30.7 Å². The van der Waals surface area contributed by atoms with Gasteiger partial charge in [-0.1, -0.05) is 6.07 Å². The van der Waals surface area contributed by atoms with E-state index in [4.69, 9.17) is 10.7 Å². The maximum atomic E-state index is 13.8. The molecule has 3 aromatic rings. The molecule has 0 bridgehead atoms. The van der Waals surface area contributed by atoms with Gasteiger partial charge in [0.2, 0.25) is 5.92 Å². The number of imidazole rings is 1. The number of fused-ring (bicyclic) bond motifs is 1. The van der Waals surface area contributed by atoms with Crippen molar-refractivity contribution in [3.8, 4) is 0 Å². The van der Waals surface area contributed by atoms with Crippen molar-refractivity contribution in [2.75, 3.05) is 0 Å². The van der Waals surface area contributed by atoms with E-state index in [1.165, 1.54) is 4.68 Å². The van der Waals surface area contributed by atoms with Gasteiger partial charge in [0.1, 0.15) is 11.5 Å². The number of H-pyrrole nitrogens is 1. The molecule has 7 nitrogen and oxygen atoms in total. The van der Waals surface area contributed by atoms with Crippen LogP contribution >= 0.6 is 0 Å². The van der Waals surface area contributed by atoms with E-state index in [2.05, 4.69) is 15.4 Å². The van der Waals surface area contributed by atoms with Crippen molar-refractivity contribution in [2.24, 2.45) is 24.6 Å². The summed E-state index contributed by atoms with van der Waals surface area (Å²) in [4.78, 5) is 21.0. The fraction of sp³-hybridized carbons (Fsp3) is 0.522. The molecule has 2 aliphatic carbocycles. The van der Waals surface area contributed by atoms with Gasteiger partial charge in [-0.3, -0.25) is 9.48 Å². The van der Waals surface area contributed by atoms with E-state index in [0.717, 1.165) is 29.4 Å². The lowest BCUT2D eigenvalue weighted by molar-refractivity contribution is -0.0496. The molecule has 2 aliphatic rings. The summed E-state index contributed by atoms with van der Waals surface area (Å²) in [6.45, 7) is 0. The van der Waals surface area contributed by atoms with E-state index < -0.39 is 12.0 Å². The molecule has 170 valence electrons. The lowest BCUT2D eigenvalue weighted by atomic mass is 9.81. The van der Waals surface area contributed by atoms with Gasteiger partial charge in [0, 0.05) is 32.1 Å². The molecule has 2 saturated carbocycles. The number of benzene rings is 1. The van der Waals surface area contributed by atoms with Crippen molar-refractivity contribution in [1.82, 2.24) is 25.1 Å². The zero-order valence-electron chi connectivity index (χ0n) is 18.0. The van der Waals surface area contributed by atoms with Gasteiger partial charge in [0.05, 0.1) is 17.1 Å². The van der Waals surface area contributed by atoms with Crippen LogP contribution in [0.4, 0.5) is 8.78 Å². The Morgan fingerprint density at radius 2 is 1.97 bits per heavy atom. The van der Waals surface area contributed by atoms with Crippen molar-refractivity contribution in [3.05, 3.63) is 47.5 Å². The molecule has 2 fully saturated rings. The first kappa shape index (κ1) is 21.1. The standard InChI is InChI=1S/C23H28F2N6O/c1-31-18(8-11-27-31)22(32)30-20(14-6-9-23(24,25)10-7-14)21-28-16-5-4-15(12-17(16)29-21)19(26)13-2-3-13/h4-5,8,11-14,19-20H,2-3,6-7,9-10,26H2,1H3,(H,28,29)(H,30,32)/t19?,20-/m0/s1. The van der Waals surface area contributed by atoms with Crippen LogP contribution in [0.25, 0.3) is 11.0 Å². The number of alkyl halides is 2. The molecule has 0 aliphatic heterocycles. The van der Waals surface area contributed by atoms with Crippen molar-refractivity contribution in [2.45, 2.75) is 56.5 Å². The minimum atomic E-state index is -2.64. The Kier molecular flexibility index (Phi) is 5.23. The smallest absolute Gasteiger partial charge is 0.270 e. The van der Waals surface area contributed by atoms with E-state index in [9.17, 15) is 13.6 Å². The molecule has 0 saturated heterocycles. The molecular formula is C23H28F2N6O. The Labute approximate surface area is 184 Å². The van der Waals surface area contributed by atoms with Gasteiger partial charge in [-0.05, 0) is 61.3 Å². The van der Waals surface area contributed by atoms with Gasteiger partial charge >= 0.3 is 0 Å². The highest BCUT2D eigenvalue weighted by Gasteiger charge is 2.39. The average Bonchev–Trinajstić information content (AvgIpc) is 3.39. The lowest BCUT2D eigenvalue weighted by Gasteiger charge is -2.33. The summed E-state index contributed by atoms with van der Waals surface area (Å²) in [6.07, 6.45) is 4.12. The number of carbonyl (C=O) groups is 1. The molecule has 32 heavy (non-hydrogen) atoms. The van der Waals surface area contributed by atoms with Crippen LogP contribution in [0.3, 0.4) is 0 Å². The highest BCUT2D eigenvalue weighted by atomic mass is 19.3. The number of nitrogens with one attached hydrogen (secondary N) is 2.